The van der Waals surface area contributed by atoms with Crippen LogP contribution in [-0.4, -0.2) is 25.7 Å². The summed E-state index contributed by atoms with van der Waals surface area (Å²) in [7, 11) is 0. The zero-order chi connectivity index (χ0) is 21.6. The van der Waals surface area contributed by atoms with E-state index in [9.17, 15) is 4.79 Å². The number of hydrogen-bond donors (Lipinski definition) is 1. The summed E-state index contributed by atoms with van der Waals surface area (Å²) in [5.41, 5.74) is 1.87. The van der Waals surface area contributed by atoms with E-state index in [4.69, 9.17) is 30.5 Å². The van der Waals surface area contributed by atoms with Gasteiger partial charge in [0, 0.05) is 27.9 Å². The van der Waals surface area contributed by atoms with Crippen molar-refractivity contribution < 1.29 is 23.7 Å². The standard InChI is InChI=1S/C24H22ClNO5/c1-2-28-21-8-6-16(12-17(21)15-31-20-5-3-4-18(25)13-20)24(27)26-19-7-9-22-23(14-19)30-11-10-29-22/h3-9,12-14H,2,10-11,15H2,1H3,(H,26,27). The molecule has 0 aromatic heterocycles. The molecule has 1 aliphatic heterocycles. The van der Waals surface area contributed by atoms with Crippen LogP contribution in [0.3, 0.4) is 0 Å². The lowest BCUT2D eigenvalue weighted by Crippen LogP contribution is -2.16. The second-order valence-electron chi connectivity index (χ2n) is 6.81. The van der Waals surface area contributed by atoms with Crippen LogP contribution >= 0.6 is 11.6 Å². The molecule has 0 spiro atoms. The molecule has 0 aliphatic carbocycles. The van der Waals surface area contributed by atoms with E-state index in [1.807, 2.05) is 19.1 Å². The quantitative estimate of drug-likeness (QED) is 0.538. The monoisotopic (exact) mass is 439 g/mol. The fraction of sp³-hybridized carbons (Fsp3) is 0.208. The number of carbonyl (C=O) groups is 1. The van der Waals surface area contributed by atoms with Crippen molar-refractivity contribution in [1.29, 1.82) is 0 Å². The molecule has 6 nitrogen and oxygen atoms in total. The van der Waals surface area contributed by atoms with E-state index in [1.165, 1.54) is 0 Å². The summed E-state index contributed by atoms with van der Waals surface area (Å²) in [5.74, 6) is 2.35. The Kier molecular flexibility index (Phi) is 6.48. The molecule has 1 amide bonds. The van der Waals surface area contributed by atoms with E-state index in [2.05, 4.69) is 5.32 Å². The molecular formula is C24H22ClNO5. The molecule has 0 atom stereocenters. The number of halogens is 1. The number of carbonyl (C=O) groups excluding carboxylic acids is 1. The average molecular weight is 440 g/mol. The van der Waals surface area contributed by atoms with Gasteiger partial charge in [-0.1, -0.05) is 17.7 Å². The van der Waals surface area contributed by atoms with Crippen molar-refractivity contribution in [3.63, 3.8) is 0 Å². The Bertz CT molecular complexity index is 1090. The zero-order valence-electron chi connectivity index (χ0n) is 17.0. The molecule has 0 saturated heterocycles. The van der Waals surface area contributed by atoms with E-state index >= 15 is 0 Å². The van der Waals surface area contributed by atoms with Crippen LogP contribution in [0.1, 0.15) is 22.8 Å². The Morgan fingerprint density at radius 3 is 2.65 bits per heavy atom. The van der Waals surface area contributed by atoms with Gasteiger partial charge in [0.25, 0.3) is 5.91 Å². The first-order valence-electron chi connectivity index (χ1n) is 9.97. The normalized spacial score (nSPS) is 12.2. The lowest BCUT2D eigenvalue weighted by molar-refractivity contribution is 0.102. The number of ether oxygens (including phenoxy) is 4. The molecule has 1 aliphatic rings. The van der Waals surface area contributed by atoms with E-state index in [0.29, 0.717) is 59.1 Å². The van der Waals surface area contributed by atoms with Crippen molar-refractivity contribution in [2.45, 2.75) is 13.5 Å². The van der Waals surface area contributed by atoms with Gasteiger partial charge in [0.1, 0.15) is 31.3 Å². The van der Waals surface area contributed by atoms with Crippen LogP contribution in [0.5, 0.6) is 23.0 Å². The highest BCUT2D eigenvalue weighted by atomic mass is 35.5. The van der Waals surface area contributed by atoms with Gasteiger partial charge < -0.3 is 24.3 Å². The first-order valence-corrected chi connectivity index (χ1v) is 10.4. The fourth-order valence-electron chi connectivity index (χ4n) is 3.17. The van der Waals surface area contributed by atoms with E-state index in [1.54, 1.807) is 48.5 Å². The van der Waals surface area contributed by atoms with Gasteiger partial charge in [-0.25, -0.2) is 0 Å². The number of benzene rings is 3. The van der Waals surface area contributed by atoms with Gasteiger partial charge >= 0.3 is 0 Å². The van der Waals surface area contributed by atoms with Crippen LogP contribution in [0.2, 0.25) is 5.02 Å². The highest BCUT2D eigenvalue weighted by Crippen LogP contribution is 2.33. The van der Waals surface area contributed by atoms with Crippen molar-refractivity contribution in [1.82, 2.24) is 0 Å². The summed E-state index contributed by atoms with van der Waals surface area (Å²) in [4.78, 5) is 12.8. The van der Waals surface area contributed by atoms with Gasteiger partial charge in [0.2, 0.25) is 0 Å². The number of nitrogens with one attached hydrogen (secondary N) is 1. The second-order valence-corrected chi connectivity index (χ2v) is 7.25. The maximum atomic E-state index is 12.8. The summed E-state index contributed by atoms with van der Waals surface area (Å²) in [5, 5.41) is 3.49. The topological polar surface area (TPSA) is 66.0 Å². The van der Waals surface area contributed by atoms with Crippen molar-refractivity contribution in [2.75, 3.05) is 25.1 Å². The van der Waals surface area contributed by atoms with Gasteiger partial charge in [-0.15, -0.1) is 0 Å². The zero-order valence-corrected chi connectivity index (χ0v) is 17.8. The highest BCUT2D eigenvalue weighted by molar-refractivity contribution is 6.30. The summed E-state index contributed by atoms with van der Waals surface area (Å²) < 4.78 is 22.6. The first kappa shape index (κ1) is 20.9. The Morgan fingerprint density at radius 1 is 1.00 bits per heavy atom. The average Bonchev–Trinajstić information content (AvgIpc) is 2.78. The molecule has 160 valence electrons. The predicted octanol–water partition coefficient (Wildman–Crippen LogP) is 5.34. The lowest BCUT2D eigenvalue weighted by Gasteiger charge is -2.19. The molecule has 0 bridgehead atoms. The maximum absolute atomic E-state index is 12.8. The maximum Gasteiger partial charge on any atom is 0.255 e. The second kappa shape index (κ2) is 9.62. The van der Waals surface area contributed by atoms with Crippen LogP contribution in [0.4, 0.5) is 5.69 Å². The molecule has 31 heavy (non-hydrogen) atoms. The minimum atomic E-state index is -0.247. The van der Waals surface area contributed by atoms with Crippen molar-refractivity contribution >= 4 is 23.2 Å². The van der Waals surface area contributed by atoms with Crippen LogP contribution in [0.15, 0.2) is 60.7 Å². The Hall–Kier alpha value is -3.38. The lowest BCUT2D eigenvalue weighted by atomic mass is 10.1. The van der Waals surface area contributed by atoms with Gasteiger partial charge in [0.05, 0.1) is 6.61 Å². The van der Waals surface area contributed by atoms with Crippen molar-refractivity contribution in [2.24, 2.45) is 0 Å². The number of hydrogen-bond acceptors (Lipinski definition) is 5. The highest BCUT2D eigenvalue weighted by Gasteiger charge is 2.15. The Balaban J connectivity index is 1.51. The molecule has 3 aromatic rings. The molecule has 0 radical (unpaired) electrons. The van der Waals surface area contributed by atoms with E-state index in [-0.39, 0.29) is 12.5 Å². The van der Waals surface area contributed by atoms with Crippen LogP contribution in [0, 0.1) is 0 Å². The molecule has 0 saturated carbocycles. The molecule has 1 heterocycles. The minimum Gasteiger partial charge on any atom is -0.493 e. The van der Waals surface area contributed by atoms with Gasteiger partial charge in [0.15, 0.2) is 11.5 Å². The molecular weight excluding hydrogens is 418 g/mol. The SMILES string of the molecule is CCOc1ccc(C(=O)Nc2ccc3c(c2)OCCO3)cc1COc1cccc(Cl)c1. The molecule has 4 rings (SSSR count). The minimum absolute atomic E-state index is 0.237. The largest absolute Gasteiger partial charge is 0.493 e. The third kappa shape index (κ3) is 5.22. The van der Waals surface area contributed by atoms with Crippen LogP contribution < -0.4 is 24.3 Å². The number of amides is 1. The Morgan fingerprint density at radius 2 is 1.84 bits per heavy atom. The third-order valence-corrected chi connectivity index (χ3v) is 4.85. The van der Waals surface area contributed by atoms with Crippen LogP contribution in [-0.2, 0) is 6.61 Å². The molecule has 1 N–H and O–H groups in total. The van der Waals surface area contributed by atoms with Crippen LogP contribution in [0.25, 0.3) is 0 Å². The molecule has 0 unspecified atom stereocenters. The molecule has 7 heteroatoms. The third-order valence-electron chi connectivity index (χ3n) is 4.61. The summed E-state index contributed by atoms with van der Waals surface area (Å²) in [6.45, 7) is 3.65. The van der Waals surface area contributed by atoms with E-state index in [0.717, 1.165) is 5.56 Å². The summed E-state index contributed by atoms with van der Waals surface area (Å²) in [6.07, 6.45) is 0. The van der Waals surface area contributed by atoms with Crippen molar-refractivity contribution in [3.05, 3.63) is 76.8 Å². The van der Waals surface area contributed by atoms with Gasteiger partial charge in [-0.2, -0.15) is 0 Å². The van der Waals surface area contributed by atoms with E-state index < -0.39 is 0 Å². The number of fused-ring (bicyclic) bond motifs is 1. The number of anilines is 1. The molecule has 3 aromatic carbocycles. The predicted molar refractivity (Wildman–Crippen MR) is 119 cm³/mol. The van der Waals surface area contributed by atoms with Gasteiger partial charge in [-0.3, -0.25) is 4.79 Å². The summed E-state index contributed by atoms with van der Waals surface area (Å²) >= 11 is 6.02. The van der Waals surface area contributed by atoms with Gasteiger partial charge in [-0.05, 0) is 55.5 Å². The first-order chi connectivity index (χ1) is 15.1. The molecule has 0 fully saturated rings. The smallest absolute Gasteiger partial charge is 0.255 e. The van der Waals surface area contributed by atoms with Crippen molar-refractivity contribution in [3.8, 4) is 23.0 Å². The Labute approximate surface area is 185 Å². The number of rotatable bonds is 7. The fourth-order valence-corrected chi connectivity index (χ4v) is 3.35. The summed E-state index contributed by atoms with van der Waals surface area (Å²) in [6, 6.07) is 17.7.